The Morgan fingerprint density at radius 2 is 1.69 bits per heavy atom. The van der Waals surface area contributed by atoms with Gasteiger partial charge in [0.05, 0.1) is 17.4 Å². The lowest BCUT2D eigenvalue weighted by molar-refractivity contribution is 0.0825. The van der Waals surface area contributed by atoms with Gasteiger partial charge in [0.25, 0.3) is 0 Å². The minimum atomic E-state index is -2.63. The monoisotopic (exact) mass is 508 g/mol. The number of rotatable bonds is 12. The molecule has 0 fully saturated rings. The molecule has 2 atom stereocenters. The lowest BCUT2D eigenvalue weighted by Crippen LogP contribution is -2.48. The van der Waals surface area contributed by atoms with Gasteiger partial charge >= 0.3 is 6.09 Å². The summed E-state index contributed by atoms with van der Waals surface area (Å²) in [6.45, 7) is 0.603. The lowest BCUT2D eigenvalue weighted by Gasteiger charge is -2.30. The third-order valence-corrected chi connectivity index (χ3v) is 4.58. The Balaban J connectivity index is 0.00000480. The van der Waals surface area contributed by atoms with Crippen LogP contribution in [0.1, 0.15) is 11.1 Å². The molecule has 0 bridgehead atoms. The lowest BCUT2D eigenvalue weighted by atomic mass is 10.0. The van der Waals surface area contributed by atoms with Crippen LogP contribution >= 0.6 is 24.8 Å². The zero-order chi connectivity index (χ0) is 21.8. The van der Waals surface area contributed by atoms with Gasteiger partial charge in [-0.15, -0.1) is 24.8 Å². The fourth-order valence-corrected chi connectivity index (χ4v) is 2.94. The number of carbonyl (C=O) groups excluding carboxylic acids is 1. The van der Waals surface area contributed by atoms with Crippen molar-refractivity contribution < 1.29 is 27.2 Å². The molecule has 0 saturated heterocycles. The summed E-state index contributed by atoms with van der Waals surface area (Å²) in [6, 6.07) is 16.1. The van der Waals surface area contributed by atoms with Gasteiger partial charge in [-0.05, 0) is 29.7 Å². The van der Waals surface area contributed by atoms with Crippen LogP contribution in [-0.2, 0) is 33.3 Å². The van der Waals surface area contributed by atoms with E-state index in [9.17, 15) is 13.6 Å². The fraction of sp³-hybridized carbons (Fsp3) is 0.350. The number of nitrogens with two attached hydrogens (primary N) is 2. The number of carbonyl (C=O) groups is 1. The third kappa shape index (κ3) is 10.6. The highest BCUT2D eigenvalue weighted by atomic mass is 35.5. The standard InChI is InChI=1S/C20H27N3O6S.2ClH/c21-10-11-23(20(24)27-14-17-4-2-1-3-5-17)18(13-22)12-16-6-8-19(9-7-16)28-15-29-30(25)26;;/h1-9,18H,10-15,21-22H2,(H,25,26);2*1H/p-1/t18-;;/m0../s1. The van der Waals surface area contributed by atoms with Gasteiger partial charge in [-0.1, -0.05) is 42.5 Å². The van der Waals surface area contributed by atoms with Crippen molar-refractivity contribution >= 4 is 42.3 Å². The van der Waals surface area contributed by atoms with Crippen molar-refractivity contribution in [2.75, 3.05) is 26.4 Å². The largest absolute Gasteiger partial charge is 0.750 e. The molecule has 2 rings (SSSR count). The molecular formula is C20H28Cl2N3O6S-. The van der Waals surface area contributed by atoms with E-state index < -0.39 is 24.2 Å². The smallest absolute Gasteiger partial charge is 0.410 e. The van der Waals surface area contributed by atoms with Crippen LogP contribution in [0.5, 0.6) is 5.75 Å². The molecule has 32 heavy (non-hydrogen) atoms. The average Bonchev–Trinajstić information content (AvgIpc) is 2.76. The Bertz CT molecular complexity index is 802. The van der Waals surface area contributed by atoms with Gasteiger partial charge in [-0.2, -0.15) is 0 Å². The van der Waals surface area contributed by atoms with Gasteiger partial charge < -0.3 is 30.4 Å². The van der Waals surface area contributed by atoms with E-state index in [4.69, 9.17) is 20.9 Å². The minimum Gasteiger partial charge on any atom is -0.750 e. The van der Waals surface area contributed by atoms with Crippen LogP contribution in [0, 0.1) is 0 Å². The first-order valence-corrected chi connectivity index (χ1v) is 10.3. The fourth-order valence-electron chi connectivity index (χ4n) is 2.81. The Morgan fingerprint density at radius 1 is 1.03 bits per heavy atom. The van der Waals surface area contributed by atoms with Crippen molar-refractivity contribution in [2.24, 2.45) is 11.5 Å². The number of ether oxygens (including phenoxy) is 2. The highest BCUT2D eigenvalue weighted by molar-refractivity contribution is 7.74. The third-order valence-electron chi connectivity index (χ3n) is 4.29. The number of nitrogens with zero attached hydrogens (tertiary/aromatic N) is 1. The summed E-state index contributed by atoms with van der Waals surface area (Å²) in [7, 11) is 0. The Kier molecular flexibility index (Phi) is 15.7. The summed E-state index contributed by atoms with van der Waals surface area (Å²) < 4.78 is 35.6. The van der Waals surface area contributed by atoms with Crippen LogP contribution in [0.25, 0.3) is 0 Å². The zero-order valence-corrected chi connectivity index (χ0v) is 19.7. The maximum absolute atomic E-state index is 12.6. The van der Waals surface area contributed by atoms with Crippen LogP contribution in [0.15, 0.2) is 54.6 Å². The number of hydrogen-bond acceptors (Lipinski definition) is 8. The second kappa shape index (κ2) is 16.7. The van der Waals surface area contributed by atoms with Crippen LogP contribution in [0.2, 0.25) is 0 Å². The van der Waals surface area contributed by atoms with Gasteiger partial charge in [0.2, 0.25) is 6.79 Å². The van der Waals surface area contributed by atoms with E-state index in [1.807, 2.05) is 42.5 Å². The molecule has 0 radical (unpaired) electrons. The predicted octanol–water partition coefficient (Wildman–Crippen LogP) is 2.14. The predicted molar refractivity (Wildman–Crippen MR) is 125 cm³/mol. The van der Waals surface area contributed by atoms with Gasteiger partial charge in [0.1, 0.15) is 12.4 Å². The molecule has 0 aliphatic carbocycles. The summed E-state index contributed by atoms with van der Waals surface area (Å²) in [5, 5.41) is 0. The molecule has 0 saturated carbocycles. The topological polar surface area (TPSA) is 140 Å². The van der Waals surface area contributed by atoms with Crippen molar-refractivity contribution in [3.63, 3.8) is 0 Å². The Hall–Kier alpha value is -1.92. The molecule has 1 amide bonds. The summed E-state index contributed by atoms with van der Waals surface area (Å²) in [6.07, 6.45) is 0.0284. The van der Waals surface area contributed by atoms with E-state index in [0.29, 0.717) is 18.7 Å². The molecule has 9 nitrogen and oxygen atoms in total. The van der Waals surface area contributed by atoms with E-state index in [-0.39, 0.29) is 50.6 Å². The van der Waals surface area contributed by atoms with Gasteiger partial charge in [0.15, 0.2) is 0 Å². The van der Waals surface area contributed by atoms with Crippen molar-refractivity contribution in [3.05, 3.63) is 65.7 Å². The summed E-state index contributed by atoms with van der Waals surface area (Å²) >= 11 is -2.63. The summed E-state index contributed by atoms with van der Waals surface area (Å²) in [5.74, 6) is 0.453. The minimum absolute atomic E-state index is 0. The summed E-state index contributed by atoms with van der Waals surface area (Å²) in [5.41, 5.74) is 13.4. The van der Waals surface area contributed by atoms with E-state index in [0.717, 1.165) is 11.1 Å². The molecule has 1 unspecified atom stereocenters. The van der Waals surface area contributed by atoms with E-state index >= 15 is 0 Å². The molecule has 180 valence electrons. The molecule has 4 N–H and O–H groups in total. The molecule has 0 spiro atoms. The van der Waals surface area contributed by atoms with Crippen molar-refractivity contribution in [3.8, 4) is 5.75 Å². The highest BCUT2D eigenvalue weighted by Crippen LogP contribution is 2.16. The SMILES string of the molecule is Cl.Cl.NCCN(C(=O)OCc1ccccc1)[C@H](CN)Cc1ccc(OCOS(=O)[O-])cc1. The first-order chi connectivity index (χ1) is 14.5. The van der Waals surface area contributed by atoms with E-state index in [1.165, 1.54) is 0 Å². The number of amides is 1. The number of benzene rings is 2. The summed E-state index contributed by atoms with van der Waals surface area (Å²) in [4.78, 5) is 14.2. The second-order valence-corrected chi connectivity index (χ2v) is 6.99. The molecule has 12 heteroatoms. The van der Waals surface area contributed by atoms with Crippen LogP contribution < -0.4 is 16.2 Å². The average molecular weight is 509 g/mol. The number of halogens is 2. The molecule has 0 aromatic heterocycles. The molecular weight excluding hydrogens is 481 g/mol. The molecule has 0 aliphatic rings. The van der Waals surface area contributed by atoms with Crippen LogP contribution in [-0.4, -0.2) is 52.2 Å². The van der Waals surface area contributed by atoms with Gasteiger partial charge in [-0.3, -0.25) is 4.18 Å². The molecule has 2 aromatic carbocycles. The maximum atomic E-state index is 12.6. The van der Waals surface area contributed by atoms with Crippen LogP contribution in [0.3, 0.4) is 0 Å². The van der Waals surface area contributed by atoms with E-state index in [2.05, 4.69) is 4.18 Å². The van der Waals surface area contributed by atoms with Crippen molar-refractivity contribution in [1.29, 1.82) is 0 Å². The van der Waals surface area contributed by atoms with Crippen molar-refractivity contribution in [1.82, 2.24) is 4.90 Å². The number of hydrogen-bond donors (Lipinski definition) is 2. The van der Waals surface area contributed by atoms with Crippen molar-refractivity contribution in [2.45, 2.75) is 19.1 Å². The zero-order valence-electron chi connectivity index (χ0n) is 17.3. The first-order valence-electron chi connectivity index (χ1n) is 9.35. The normalized spacial score (nSPS) is 12.0. The second-order valence-electron chi connectivity index (χ2n) is 6.34. The highest BCUT2D eigenvalue weighted by Gasteiger charge is 2.24. The van der Waals surface area contributed by atoms with Gasteiger partial charge in [-0.25, -0.2) is 9.00 Å². The molecule has 2 aromatic rings. The first kappa shape index (κ1) is 30.1. The quantitative estimate of drug-likeness (QED) is 0.328. The van der Waals surface area contributed by atoms with E-state index in [1.54, 1.807) is 17.0 Å². The Labute approximate surface area is 202 Å². The molecule has 0 aliphatic heterocycles. The maximum Gasteiger partial charge on any atom is 0.410 e. The van der Waals surface area contributed by atoms with Gasteiger partial charge in [0, 0.05) is 19.6 Å². The Morgan fingerprint density at radius 3 is 2.25 bits per heavy atom. The molecule has 0 heterocycles. The van der Waals surface area contributed by atoms with Crippen LogP contribution in [0.4, 0.5) is 4.79 Å².